The molecule has 0 radical (unpaired) electrons. The van der Waals surface area contributed by atoms with Crippen molar-refractivity contribution in [3.8, 4) is 5.75 Å². The van der Waals surface area contributed by atoms with E-state index in [1.54, 1.807) is 0 Å². The topological polar surface area (TPSA) is 21.3 Å². The van der Waals surface area contributed by atoms with Crippen LogP contribution in [0.15, 0.2) is 18.2 Å². The van der Waals surface area contributed by atoms with E-state index in [4.69, 9.17) is 16.3 Å². The number of nitrogens with one attached hydrogen (secondary N) is 1. The fourth-order valence-electron chi connectivity index (χ4n) is 1.95. The highest BCUT2D eigenvalue weighted by atomic mass is 35.5. The second kappa shape index (κ2) is 7.90. The lowest BCUT2D eigenvalue weighted by molar-refractivity contribution is 0.251. The zero-order valence-corrected chi connectivity index (χ0v) is 14.2. The van der Waals surface area contributed by atoms with Gasteiger partial charge in [0.05, 0.1) is 11.6 Å². The highest BCUT2D eigenvalue weighted by Crippen LogP contribution is 2.26. The largest absolute Gasteiger partial charge is 0.492 e. The zero-order chi connectivity index (χ0) is 15.2. The summed E-state index contributed by atoms with van der Waals surface area (Å²) in [6.07, 6.45) is 2.38. The third-order valence-electron chi connectivity index (χ3n) is 3.12. The Labute approximate surface area is 128 Å². The van der Waals surface area contributed by atoms with Crippen molar-refractivity contribution in [1.82, 2.24) is 5.32 Å². The van der Waals surface area contributed by atoms with Crippen molar-refractivity contribution in [2.24, 2.45) is 5.92 Å². The van der Waals surface area contributed by atoms with Crippen LogP contribution in [-0.4, -0.2) is 12.1 Å². The Morgan fingerprint density at radius 1 is 1.30 bits per heavy atom. The lowest BCUT2D eigenvalue weighted by Gasteiger charge is -2.21. The summed E-state index contributed by atoms with van der Waals surface area (Å²) in [5.41, 5.74) is 1.29. The molecule has 0 aliphatic carbocycles. The SMILES string of the molecule is CCCC(C)COc1ccc(CNC(C)(C)C)cc1Cl. The van der Waals surface area contributed by atoms with Crippen LogP contribution in [0.25, 0.3) is 0 Å². The Balaban J connectivity index is 2.55. The van der Waals surface area contributed by atoms with E-state index in [0.29, 0.717) is 10.9 Å². The Morgan fingerprint density at radius 2 is 2.00 bits per heavy atom. The predicted molar refractivity (Wildman–Crippen MR) is 87.6 cm³/mol. The van der Waals surface area contributed by atoms with E-state index in [1.165, 1.54) is 18.4 Å². The number of rotatable bonds is 7. The van der Waals surface area contributed by atoms with Crippen molar-refractivity contribution in [3.05, 3.63) is 28.8 Å². The standard InChI is InChI=1S/C17H28ClNO/c1-6-7-13(2)12-20-16-9-8-14(10-15(16)18)11-19-17(3,4)5/h8-10,13,19H,6-7,11-12H2,1-5H3. The fourth-order valence-corrected chi connectivity index (χ4v) is 2.20. The van der Waals surface area contributed by atoms with Crippen molar-refractivity contribution in [2.45, 2.75) is 59.5 Å². The van der Waals surface area contributed by atoms with Crippen LogP contribution in [0, 0.1) is 5.92 Å². The average molecular weight is 298 g/mol. The third-order valence-corrected chi connectivity index (χ3v) is 3.42. The highest BCUT2D eigenvalue weighted by molar-refractivity contribution is 6.32. The van der Waals surface area contributed by atoms with Gasteiger partial charge in [-0.3, -0.25) is 0 Å². The molecule has 0 spiro atoms. The van der Waals surface area contributed by atoms with Gasteiger partial charge in [-0.05, 0) is 50.8 Å². The van der Waals surface area contributed by atoms with Crippen molar-refractivity contribution in [1.29, 1.82) is 0 Å². The van der Waals surface area contributed by atoms with Crippen LogP contribution >= 0.6 is 11.6 Å². The molecule has 1 aromatic carbocycles. The van der Waals surface area contributed by atoms with Gasteiger partial charge in [0, 0.05) is 12.1 Å². The van der Waals surface area contributed by atoms with Crippen molar-refractivity contribution < 1.29 is 4.74 Å². The van der Waals surface area contributed by atoms with Crippen LogP contribution in [0.1, 0.15) is 53.0 Å². The van der Waals surface area contributed by atoms with E-state index < -0.39 is 0 Å². The average Bonchev–Trinajstić information content (AvgIpc) is 2.34. The minimum Gasteiger partial charge on any atom is -0.492 e. The van der Waals surface area contributed by atoms with Crippen molar-refractivity contribution >= 4 is 11.6 Å². The van der Waals surface area contributed by atoms with E-state index in [1.807, 2.05) is 12.1 Å². The number of benzene rings is 1. The summed E-state index contributed by atoms with van der Waals surface area (Å²) in [5.74, 6) is 1.35. The smallest absolute Gasteiger partial charge is 0.137 e. The first-order chi connectivity index (χ1) is 9.31. The molecule has 0 aliphatic heterocycles. The quantitative estimate of drug-likeness (QED) is 0.761. The lowest BCUT2D eigenvalue weighted by Crippen LogP contribution is -2.35. The van der Waals surface area contributed by atoms with E-state index in [9.17, 15) is 0 Å². The van der Waals surface area contributed by atoms with Gasteiger partial charge in [0.1, 0.15) is 5.75 Å². The number of hydrogen-bond donors (Lipinski definition) is 1. The molecule has 1 N–H and O–H groups in total. The highest BCUT2D eigenvalue weighted by Gasteiger charge is 2.10. The Bertz CT molecular complexity index is 412. The van der Waals surface area contributed by atoms with E-state index >= 15 is 0 Å². The van der Waals surface area contributed by atoms with Gasteiger partial charge in [-0.25, -0.2) is 0 Å². The van der Waals surface area contributed by atoms with Gasteiger partial charge in [-0.2, -0.15) is 0 Å². The lowest BCUT2D eigenvalue weighted by atomic mass is 10.1. The molecule has 1 aromatic rings. The van der Waals surface area contributed by atoms with Gasteiger partial charge >= 0.3 is 0 Å². The van der Waals surface area contributed by atoms with Crippen LogP contribution in [-0.2, 0) is 6.54 Å². The number of hydrogen-bond acceptors (Lipinski definition) is 2. The molecule has 114 valence electrons. The molecular weight excluding hydrogens is 270 g/mol. The maximum Gasteiger partial charge on any atom is 0.137 e. The van der Waals surface area contributed by atoms with Crippen LogP contribution < -0.4 is 10.1 Å². The molecule has 1 unspecified atom stereocenters. The van der Waals surface area contributed by atoms with E-state index in [0.717, 1.165) is 18.9 Å². The van der Waals surface area contributed by atoms with Crippen LogP contribution in [0.3, 0.4) is 0 Å². The summed E-state index contributed by atoms with van der Waals surface area (Å²) in [5, 5.41) is 4.15. The van der Waals surface area contributed by atoms with Gasteiger partial charge in [0.25, 0.3) is 0 Å². The summed E-state index contributed by atoms with van der Waals surface area (Å²) >= 11 is 6.29. The Hall–Kier alpha value is -0.730. The van der Waals surface area contributed by atoms with Gasteiger partial charge in [0.15, 0.2) is 0 Å². The predicted octanol–water partition coefficient (Wildman–Crippen LogP) is 5.04. The monoisotopic (exact) mass is 297 g/mol. The molecule has 3 heteroatoms. The molecule has 0 aromatic heterocycles. The summed E-state index contributed by atoms with van der Waals surface area (Å²) in [4.78, 5) is 0. The van der Waals surface area contributed by atoms with Gasteiger partial charge in [-0.1, -0.05) is 37.9 Å². The van der Waals surface area contributed by atoms with E-state index in [-0.39, 0.29) is 5.54 Å². The molecule has 0 fully saturated rings. The van der Waals surface area contributed by atoms with Crippen molar-refractivity contribution in [3.63, 3.8) is 0 Å². The fraction of sp³-hybridized carbons (Fsp3) is 0.647. The van der Waals surface area contributed by atoms with Crippen LogP contribution in [0.5, 0.6) is 5.75 Å². The molecule has 1 atom stereocenters. The number of ether oxygens (including phenoxy) is 1. The first kappa shape index (κ1) is 17.3. The van der Waals surface area contributed by atoms with Gasteiger partial charge in [-0.15, -0.1) is 0 Å². The van der Waals surface area contributed by atoms with Crippen LogP contribution in [0.4, 0.5) is 0 Å². The summed E-state index contributed by atoms with van der Waals surface area (Å²) < 4.78 is 5.80. The Kier molecular flexibility index (Phi) is 6.84. The minimum absolute atomic E-state index is 0.108. The van der Waals surface area contributed by atoms with Gasteiger partial charge in [0.2, 0.25) is 0 Å². The molecule has 20 heavy (non-hydrogen) atoms. The maximum atomic E-state index is 6.29. The van der Waals surface area contributed by atoms with Crippen LogP contribution in [0.2, 0.25) is 5.02 Å². The zero-order valence-electron chi connectivity index (χ0n) is 13.4. The first-order valence-electron chi connectivity index (χ1n) is 7.48. The Morgan fingerprint density at radius 3 is 2.55 bits per heavy atom. The van der Waals surface area contributed by atoms with Gasteiger partial charge < -0.3 is 10.1 Å². The normalized spacial score (nSPS) is 13.3. The van der Waals surface area contributed by atoms with Crippen molar-refractivity contribution in [2.75, 3.05) is 6.61 Å². The second-order valence-electron chi connectivity index (χ2n) is 6.57. The maximum absolute atomic E-state index is 6.29. The second-order valence-corrected chi connectivity index (χ2v) is 6.98. The molecule has 0 saturated heterocycles. The molecule has 1 rings (SSSR count). The minimum atomic E-state index is 0.108. The molecule has 0 amide bonds. The molecule has 0 aliphatic rings. The molecule has 0 saturated carbocycles. The molecule has 2 nitrogen and oxygen atoms in total. The molecule has 0 heterocycles. The summed E-state index contributed by atoms with van der Waals surface area (Å²) in [7, 11) is 0. The van der Waals surface area contributed by atoms with E-state index in [2.05, 4.69) is 46.0 Å². The third kappa shape index (κ3) is 6.62. The first-order valence-corrected chi connectivity index (χ1v) is 7.86. The summed E-state index contributed by atoms with van der Waals surface area (Å²) in [6.45, 7) is 12.4. The summed E-state index contributed by atoms with van der Waals surface area (Å²) in [6, 6.07) is 6.03. The molecule has 0 bridgehead atoms. The number of halogens is 1. The molecular formula is C17H28ClNO.